The van der Waals surface area contributed by atoms with Gasteiger partial charge >= 0.3 is 0 Å². The lowest BCUT2D eigenvalue weighted by atomic mass is 10.0. The molecule has 2 aliphatic rings. The average molecular weight is 260 g/mol. The number of nitriles is 1. The van der Waals surface area contributed by atoms with Crippen molar-refractivity contribution in [2.45, 2.75) is 31.6 Å². The van der Waals surface area contributed by atoms with Gasteiger partial charge in [0.25, 0.3) is 0 Å². The van der Waals surface area contributed by atoms with Crippen LogP contribution in [0.1, 0.15) is 42.9 Å². The Hall–Kier alpha value is -1.87. The minimum absolute atomic E-state index is 0.0964. The van der Waals surface area contributed by atoms with Gasteiger partial charge in [0, 0.05) is 25.6 Å². The summed E-state index contributed by atoms with van der Waals surface area (Å²) in [5, 5.41) is 18.8. The predicted octanol–water partition coefficient (Wildman–Crippen LogP) is 1.52. The molecule has 2 heterocycles. The molecular weight excluding hydrogens is 244 g/mol. The Morgan fingerprint density at radius 2 is 2.37 bits per heavy atom. The second-order valence-corrected chi connectivity index (χ2v) is 5.23. The second kappa shape index (κ2) is 5.02. The van der Waals surface area contributed by atoms with E-state index in [9.17, 15) is 10.1 Å². The summed E-state index contributed by atoms with van der Waals surface area (Å²) in [4.78, 5) is 11.9. The molecule has 1 saturated heterocycles. The minimum atomic E-state index is -0.0964. The highest BCUT2D eigenvalue weighted by atomic mass is 16.5. The first-order valence-electron chi connectivity index (χ1n) is 6.64. The highest BCUT2D eigenvalue weighted by molar-refractivity contribution is 5.91. The highest BCUT2D eigenvalue weighted by Crippen LogP contribution is 2.41. The zero-order valence-corrected chi connectivity index (χ0v) is 10.6. The fourth-order valence-corrected chi connectivity index (χ4v) is 2.42. The number of rotatable bonds is 4. The summed E-state index contributed by atoms with van der Waals surface area (Å²) in [6.45, 7) is 1.38. The maximum absolute atomic E-state index is 11.9. The minimum Gasteiger partial charge on any atom is -0.381 e. The Morgan fingerprint density at radius 3 is 3.00 bits per heavy atom. The van der Waals surface area contributed by atoms with E-state index < -0.39 is 0 Å². The van der Waals surface area contributed by atoms with Crippen molar-refractivity contribution in [2.24, 2.45) is 5.92 Å². The van der Waals surface area contributed by atoms with Crippen LogP contribution in [0.5, 0.6) is 0 Å². The van der Waals surface area contributed by atoms with Gasteiger partial charge in [-0.3, -0.25) is 9.89 Å². The van der Waals surface area contributed by atoms with Crippen LogP contribution < -0.4 is 5.32 Å². The van der Waals surface area contributed by atoms with Gasteiger partial charge in [0.2, 0.25) is 5.91 Å². The average Bonchev–Trinajstić information content (AvgIpc) is 2.96. The van der Waals surface area contributed by atoms with Crippen molar-refractivity contribution in [3.05, 3.63) is 11.3 Å². The fraction of sp³-hybridized carbons (Fsp3) is 0.615. The molecule has 1 aliphatic heterocycles. The van der Waals surface area contributed by atoms with Crippen molar-refractivity contribution in [3.8, 4) is 6.07 Å². The Balaban J connectivity index is 1.65. The molecule has 100 valence electrons. The van der Waals surface area contributed by atoms with Crippen LogP contribution in [-0.2, 0) is 9.53 Å². The second-order valence-electron chi connectivity index (χ2n) is 5.23. The summed E-state index contributed by atoms with van der Waals surface area (Å²) in [6, 6.07) is 2.13. The lowest BCUT2D eigenvalue weighted by Crippen LogP contribution is -2.17. The van der Waals surface area contributed by atoms with Gasteiger partial charge in [-0.05, 0) is 25.2 Å². The molecule has 3 rings (SSSR count). The molecule has 6 heteroatoms. The molecule has 1 saturated carbocycles. The first-order valence-corrected chi connectivity index (χ1v) is 6.64. The van der Waals surface area contributed by atoms with Crippen molar-refractivity contribution in [3.63, 3.8) is 0 Å². The van der Waals surface area contributed by atoms with E-state index in [0.717, 1.165) is 31.6 Å². The van der Waals surface area contributed by atoms with Crippen LogP contribution in [0.3, 0.4) is 0 Å². The Kier molecular flexibility index (Phi) is 3.22. The largest absolute Gasteiger partial charge is 0.381 e. The maximum atomic E-state index is 11.9. The molecule has 2 fully saturated rings. The summed E-state index contributed by atoms with van der Waals surface area (Å²) in [5.41, 5.74) is 1.35. The first-order chi connectivity index (χ1) is 9.28. The van der Waals surface area contributed by atoms with E-state index >= 15 is 0 Å². The van der Waals surface area contributed by atoms with Crippen molar-refractivity contribution in [1.29, 1.82) is 5.26 Å². The van der Waals surface area contributed by atoms with Crippen molar-refractivity contribution in [1.82, 2.24) is 10.2 Å². The van der Waals surface area contributed by atoms with Crippen LogP contribution in [0.2, 0.25) is 0 Å². The molecule has 0 spiro atoms. The van der Waals surface area contributed by atoms with Crippen LogP contribution >= 0.6 is 0 Å². The first kappa shape index (κ1) is 12.2. The van der Waals surface area contributed by atoms with E-state index in [1.807, 2.05) is 0 Å². The van der Waals surface area contributed by atoms with E-state index in [1.54, 1.807) is 0 Å². The third-order valence-corrected chi connectivity index (χ3v) is 3.65. The molecule has 2 N–H and O–H groups in total. The molecule has 0 unspecified atom stereocenters. The maximum Gasteiger partial charge on any atom is 0.225 e. The number of nitrogens with one attached hydrogen (secondary N) is 2. The fourth-order valence-electron chi connectivity index (χ4n) is 2.42. The number of ether oxygens (including phenoxy) is 1. The smallest absolute Gasteiger partial charge is 0.225 e. The van der Waals surface area contributed by atoms with Gasteiger partial charge in [0.05, 0.1) is 5.69 Å². The molecule has 6 nitrogen and oxygen atoms in total. The number of H-pyrrole nitrogens is 1. The molecule has 1 aromatic heterocycles. The molecule has 0 radical (unpaired) electrons. The van der Waals surface area contributed by atoms with E-state index in [-0.39, 0.29) is 11.8 Å². The van der Waals surface area contributed by atoms with E-state index in [1.165, 1.54) is 0 Å². The number of hydrogen-bond acceptors (Lipinski definition) is 4. The van der Waals surface area contributed by atoms with Gasteiger partial charge in [-0.25, -0.2) is 0 Å². The number of amides is 1. The van der Waals surface area contributed by atoms with E-state index in [4.69, 9.17) is 4.74 Å². The topological polar surface area (TPSA) is 90.8 Å². The number of hydrogen-bond donors (Lipinski definition) is 2. The van der Waals surface area contributed by atoms with Gasteiger partial charge in [-0.1, -0.05) is 0 Å². The Bertz CT molecular complexity index is 521. The Morgan fingerprint density at radius 1 is 1.53 bits per heavy atom. The summed E-state index contributed by atoms with van der Waals surface area (Å²) >= 11 is 0. The monoisotopic (exact) mass is 260 g/mol. The van der Waals surface area contributed by atoms with Crippen LogP contribution in [0, 0.1) is 17.2 Å². The third-order valence-electron chi connectivity index (χ3n) is 3.65. The van der Waals surface area contributed by atoms with Crippen molar-refractivity contribution < 1.29 is 9.53 Å². The summed E-state index contributed by atoms with van der Waals surface area (Å²) in [6.07, 6.45) is 3.52. The van der Waals surface area contributed by atoms with Gasteiger partial charge in [-0.15, -0.1) is 0 Å². The zero-order chi connectivity index (χ0) is 13.2. The number of nitrogens with zero attached hydrogens (tertiary/aromatic N) is 2. The number of aromatic nitrogens is 2. The molecular formula is C13H16N4O2. The Labute approximate surface area is 111 Å². The van der Waals surface area contributed by atoms with Gasteiger partial charge < -0.3 is 10.1 Å². The number of aromatic amines is 1. The predicted molar refractivity (Wildman–Crippen MR) is 67.5 cm³/mol. The van der Waals surface area contributed by atoms with Gasteiger partial charge in [0.15, 0.2) is 5.82 Å². The molecule has 19 heavy (non-hydrogen) atoms. The highest BCUT2D eigenvalue weighted by Gasteiger charge is 2.30. The SMILES string of the molecule is N#Cc1c(NC(=O)C[C@H]2CCOC2)n[nH]c1C1CC1. The summed E-state index contributed by atoms with van der Waals surface area (Å²) in [5.74, 6) is 0.970. The number of anilines is 1. The van der Waals surface area contributed by atoms with Crippen LogP contribution in [0.25, 0.3) is 0 Å². The molecule has 1 atom stereocenters. The zero-order valence-electron chi connectivity index (χ0n) is 10.6. The van der Waals surface area contributed by atoms with Crippen molar-refractivity contribution in [2.75, 3.05) is 18.5 Å². The van der Waals surface area contributed by atoms with E-state index in [2.05, 4.69) is 21.6 Å². The summed E-state index contributed by atoms with van der Waals surface area (Å²) in [7, 11) is 0. The molecule has 1 aliphatic carbocycles. The molecule has 0 aromatic carbocycles. The molecule has 1 aromatic rings. The normalized spacial score (nSPS) is 22.2. The van der Waals surface area contributed by atoms with E-state index in [0.29, 0.717) is 30.3 Å². The number of carbonyl (C=O) groups excluding carboxylic acids is 1. The number of carbonyl (C=O) groups is 1. The molecule has 0 bridgehead atoms. The molecule has 1 amide bonds. The lowest BCUT2D eigenvalue weighted by Gasteiger charge is -2.06. The quantitative estimate of drug-likeness (QED) is 0.858. The van der Waals surface area contributed by atoms with Crippen LogP contribution in [-0.4, -0.2) is 29.3 Å². The summed E-state index contributed by atoms with van der Waals surface area (Å²) < 4.78 is 5.24. The van der Waals surface area contributed by atoms with Gasteiger partial charge in [-0.2, -0.15) is 10.4 Å². The van der Waals surface area contributed by atoms with Crippen molar-refractivity contribution >= 4 is 11.7 Å². The van der Waals surface area contributed by atoms with Crippen LogP contribution in [0.4, 0.5) is 5.82 Å². The van der Waals surface area contributed by atoms with Gasteiger partial charge in [0.1, 0.15) is 11.6 Å². The third kappa shape index (κ3) is 2.61. The lowest BCUT2D eigenvalue weighted by molar-refractivity contribution is -0.117. The van der Waals surface area contributed by atoms with Crippen LogP contribution in [0.15, 0.2) is 0 Å². The standard InChI is InChI=1S/C13H16N4O2/c14-6-10-12(9-1-2-9)16-17-13(10)15-11(18)5-8-3-4-19-7-8/h8-9H,1-5,7H2,(H2,15,16,17,18)/t8-/m1/s1.